The second-order valence-corrected chi connectivity index (χ2v) is 1.90. The van der Waals surface area contributed by atoms with E-state index in [1.54, 1.807) is 0 Å². The fraction of sp³-hybridized carbons (Fsp3) is 0.667. The molecule has 0 heterocycles. The zero-order valence-corrected chi connectivity index (χ0v) is 5.44. The first-order valence-corrected chi connectivity index (χ1v) is 2.75. The summed E-state index contributed by atoms with van der Waals surface area (Å²) in [7, 11) is 0. The molecule has 0 spiro atoms. The molecule has 0 fully saturated rings. The molecule has 0 saturated carbocycles. The first kappa shape index (κ1) is 7.50. The van der Waals surface area contributed by atoms with Crippen molar-refractivity contribution < 1.29 is 5.11 Å². The van der Waals surface area contributed by atoms with Crippen LogP contribution in [-0.4, -0.2) is 18.3 Å². The van der Waals surface area contributed by atoms with Crippen LogP contribution in [0, 0.1) is 0 Å². The van der Waals surface area contributed by atoms with Gasteiger partial charge < -0.3 is 10.4 Å². The lowest BCUT2D eigenvalue weighted by Crippen LogP contribution is -2.10. The quantitative estimate of drug-likeness (QED) is 0.525. The molecular weight excluding hydrogens is 102 g/mol. The summed E-state index contributed by atoms with van der Waals surface area (Å²) in [5.41, 5.74) is 1.22. The Morgan fingerprint density at radius 3 is 2.62 bits per heavy atom. The molecule has 0 radical (unpaired) electrons. The third-order valence-corrected chi connectivity index (χ3v) is 0.647. The van der Waals surface area contributed by atoms with Crippen molar-refractivity contribution in [2.75, 3.05) is 13.2 Å². The Kier molecular flexibility index (Phi) is 4.36. The van der Waals surface area contributed by atoms with Crippen molar-refractivity contribution in [3.63, 3.8) is 0 Å². The summed E-state index contributed by atoms with van der Waals surface area (Å²) in [6.07, 6.45) is 1.89. The van der Waals surface area contributed by atoms with Gasteiger partial charge in [0.2, 0.25) is 0 Å². The molecule has 48 valence electrons. The van der Waals surface area contributed by atoms with Crippen LogP contribution in [0.5, 0.6) is 0 Å². The van der Waals surface area contributed by atoms with E-state index in [9.17, 15) is 0 Å². The second kappa shape index (κ2) is 4.65. The summed E-state index contributed by atoms with van der Waals surface area (Å²) >= 11 is 0. The summed E-state index contributed by atoms with van der Waals surface area (Å²) in [6.45, 7) is 4.85. The van der Waals surface area contributed by atoms with Crippen molar-refractivity contribution in [3.8, 4) is 0 Å². The number of rotatable bonds is 3. The molecule has 0 aliphatic carbocycles. The van der Waals surface area contributed by atoms with Crippen LogP contribution in [0.3, 0.4) is 0 Å². The Morgan fingerprint density at radius 1 is 1.62 bits per heavy atom. The highest BCUT2D eigenvalue weighted by atomic mass is 16.3. The first-order chi connectivity index (χ1) is 3.77. The van der Waals surface area contributed by atoms with E-state index in [4.69, 9.17) is 5.11 Å². The molecule has 0 bridgehead atoms. The third-order valence-electron chi connectivity index (χ3n) is 0.647. The molecule has 0 aromatic heterocycles. The smallest absolute Gasteiger partial charge is 0.0603 e. The average molecular weight is 115 g/mol. The van der Waals surface area contributed by atoms with Gasteiger partial charge in [-0.1, -0.05) is 5.57 Å². The standard InChI is InChI=1S/C6H13NO/c1-6(2)5-7-3-4-8/h5,7-8H,3-4H2,1-2H3. The normalized spacial score (nSPS) is 8.38. The van der Waals surface area contributed by atoms with Gasteiger partial charge in [0, 0.05) is 6.54 Å². The van der Waals surface area contributed by atoms with E-state index in [0.29, 0.717) is 6.54 Å². The molecule has 0 atom stereocenters. The summed E-state index contributed by atoms with van der Waals surface area (Å²) in [5, 5.41) is 11.2. The Labute approximate surface area is 50.2 Å². The van der Waals surface area contributed by atoms with Crippen LogP contribution in [0.4, 0.5) is 0 Å². The van der Waals surface area contributed by atoms with Crippen molar-refractivity contribution in [2.45, 2.75) is 13.8 Å². The van der Waals surface area contributed by atoms with Crippen molar-refractivity contribution in [3.05, 3.63) is 11.8 Å². The van der Waals surface area contributed by atoms with Gasteiger partial charge in [-0.25, -0.2) is 0 Å². The van der Waals surface area contributed by atoms with Crippen molar-refractivity contribution in [1.82, 2.24) is 5.32 Å². The topological polar surface area (TPSA) is 32.3 Å². The number of aliphatic hydroxyl groups excluding tert-OH is 1. The van der Waals surface area contributed by atoms with Crippen LogP contribution in [0.15, 0.2) is 11.8 Å². The van der Waals surface area contributed by atoms with Gasteiger partial charge in [0.15, 0.2) is 0 Å². The molecule has 2 heteroatoms. The summed E-state index contributed by atoms with van der Waals surface area (Å²) in [4.78, 5) is 0. The van der Waals surface area contributed by atoms with Crippen LogP contribution in [0.2, 0.25) is 0 Å². The van der Waals surface area contributed by atoms with E-state index in [2.05, 4.69) is 5.32 Å². The summed E-state index contributed by atoms with van der Waals surface area (Å²) < 4.78 is 0. The molecule has 0 amide bonds. The van der Waals surface area contributed by atoms with Crippen LogP contribution in [-0.2, 0) is 0 Å². The predicted octanol–water partition coefficient (Wildman–Crippen LogP) is 0.492. The molecule has 0 aromatic rings. The van der Waals surface area contributed by atoms with Crippen LogP contribution >= 0.6 is 0 Å². The minimum absolute atomic E-state index is 0.198. The van der Waals surface area contributed by atoms with E-state index < -0.39 is 0 Å². The fourth-order valence-electron chi connectivity index (χ4n) is 0.341. The molecule has 2 nitrogen and oxygen atoms in total. The number of nitrogens with one attached hydrogen (secondary N) is 1. The maximum Gasteiger partial charge on any atom is 0.0603 e. The van der Waals surface area contributed by atoms with Gasteiger partial charge in [0.1, 0.15) is 0 Å². The number of aliphatic hydroxyl groups is 1. The maximum absolute atomic E-state index is 8.29. The van der Waals surface area contributed by atoms with E-state index in [-0.39, 0.29) is 6.61 Å². The SMILES string of the molecule is CC(C)=CNCCO. The van der Waals surface area contributed by atoms with Crippen molar-refractivity contribution in [2.24, 2.45) is 0 Å². The monoisotopic (exact) mass is 115 g/mol. The Bertz CT molecular complexity index is 74.6. The van der Waals surface area contributed by atoms with Crippen LogP contribution < -0.4 is 5.32 Å². The Balaban J connectivity index is 3.03. The number of allylic oxidation sites excluding steroid dienone is 1. The number of hydrogen-bond donors (Lipinski definition) is 2. The summed E-state index contributed by atoms with van der Waals surface area (Å²) in [5.74, 6) is 0. The van der Waals surface area contributed by atoms with E-state index in [1.807, 2.05) is 20.0 Å². The van der Waals surface area contributed by atoms with Crippen LogP contribution in [0.25, 0.3) is 0 Å². The maximum atomic E-state index is 8.29. The molecule has 0 aliphatic rings. The van der Waals surface area contributed by atoms with Gasteiger partial charge in [0.25, 0.3) is 0 Å². The van der Waals surface area contributed by atoms with E-state index >= 15 is 0 Å². The predicted molar refractivity (Wildman–Crippen MR) is 34.5 cm³/mol. The summed E-state index contributed by atoms with van der Waals surface area (Å²) in [6, 6.07) is 0. The van der Waals surface area contributed by atoms with Gasteiger partial charge in [-0.3, -0.25) is 0 Å². The van der Waals surface area contributed by atoms with Gasteiger partial charge in [-0.15, -0.1) is 0 Å². The van der Waals surface area contributed by atoms with Gasteiger partial charge in [-0.2, -0.15) is 0 Å². The third kappa shape index (κ3) is 5.50. The molecule has 0 saturated heterocycles. The number of hydrogen-bond acceptors (Lipinski definition) is 2. The molecule has 0 aliphatic heterocycles. The molecule has 0 rings (SSSR count). The largest absolute Gasteiger partial charge is 0.395 e. The lowest BCUT2D eigenvalue weighted by Gasteiger charge is -1.94. The lowest BCUT2D eigenvalue weighted by molar-refractivity contribution is 0.298. The minimum Gasteiger partial charge on any atom is -0.395 e. The molecule has 8 heavy (non-hydrogen) atoms. The minimum atomic E-state index is 0.198. The zero-order valence-electron chi connectivity index (χ0n) is 5.44. The van der Waals surface area contributed by atoms with E-state index in [1.165, 1.54) is 5.57 Å². The van der Waals surface area contributed by atoms with Crippen molar-refractivity contribution in [1.29, 1.82) is 0 Å². The highest BCUT2D eigenvalue weighted by molar-refractivity contribution is 4.90. The lowest BCUT2D eigenvalue weighted by atomic mass is 10.4. The van der Waals surface area contributed by atoms with Gasteiger partial charge in [0.05, 0.1) is 6.61 Å². The van der Waals surface area contributed by atoms with Crippen LogP contribution in [0.1, 0.15) is 13.8 Å². The molecule has 2 N–H and O–H groups in total. The first-order valence-electron chi connectivity index (χ1n) is 2.75. The Morgan fingerprint density at radius 2 is 2.25 bits per heavy atom. The molecular formula is C6H13NO. The molecule has 0 unspecified atom stereocenters. The molecule has 0 aromatic carbocycles. The highest BCUT2D eigenvalue weighted by Crippen LogP contribution is 1.81. The fourth-order valence-corrected chi connectivity index (χ4v) is 0.341. The zero-order chi connectivity index (χ0) is 6.41. The average Bonchev–Trinajstić information content (AvgIpc) is 1.66. The van der Waals surface area contributed by atoms with Gasteiger partial charge >= 0.3 is 0 Å². The van der Waals surface area contributed by atoms with Crippen molar-refractivity contribution >= 4 is 0 Å². The van der Waals surface area contributed by atoms with Gasteiger partial charge in [-0.05, 0) is 20.0 Å². The van der Waals surface area contributed by atoms with E-state index in [0.717, 1.165) is 0 Å². The highest BCUT2D eigenvalue weighted by Gasteiger charge is 1.75. The Hall–Kier alpha value is -0.500. The second-order valence-electron chi connectivity index (χ2n) is 1.90.